The fourth-order valence-corrected chi connectivity index (χ4v) is 1.43. The zero-order chi connectivity index (χ0) is 9.14. The lowest BCUT2D eigenvalue weighted by Gasteiger charge is -2.04. The molecular weight excluding hydrogens is 172 g/mol. The molecule has 0 amide bonds. The first-order valence-corrected chi connectivity index (χ1v) is 3.96. The summed E-state index contributed by atoms with van der Waals surface area (Å²) >= 11 is 5.79. The average Bonchev–Trinajstić information content (AvgIpc) is 2.03. The van der Waals surface area contributed by atoms with Gasteiger partial charge >= 0.3 is 0 Å². The summed E-state index contributed by atoms with van der Waals surface area (Å²) in [4.78, 5) is 0. The monoisotopic (exact) mass is 180 g/mol. The van der Waals surface area contributed by atoms with Crippen molar-refractivity contribution in [3.05, 3.63) is 33.8 Å². The number of nitrogens with two attached hydrogens (primary N) is 1. The van der Waals surface area contributed by atoms with Crippen LogP contribution in [0.25, 0.3) is 0 Å². The van der Waals surface area contributed by atoms with E-state index in [0.717, 1.165) is 11.1 Å². The molecule has 0 aliphatic heterocycles. The Morgan fingerprint density at radius 3 is 2.75 bits per heavy atom. The molecule has 1 rings (SSSR count). The van der Waals surface area contributed by atoms with E-state index in [4.69, 9.17) is 22.6 Å². The summed E-state index contributed by atoms with van der Waals surface area (Å²) in [5.41, 5.74) is 7.78. The zero-order valence-corrected chi connectivity index (χ0v) is 7.52. The SMILES string of the molecule is Cc1cc(Cl)cc(CN)c1C#N. The van der Waals surface area contributed by atoms with Crippen molar-refractivity contribution >= 4 is 11.6 Å². The van der Waals surface area contributed by atoms with Crippen LogP contribution in [0.5, 0.6) is 0 Å². The van der Waals surface area contributed by atoms with Crippen LogP contribution in [0.4, 0.5) is 0 Å². The largest absolute Gasteiger partial charge is 0.326 e. The summed E-state index contributed by atoms with van der Waals surface area (Å²) in [7, 11) is 0. The molecule has 0 bridgehead atoms. The molecule has 0 aliphatic rings. The Labute approximate surface area is 76.6 Å². The molecule has 3 heteroatoms. The first-order chi connectivity index (χ1) is 5.69. The van der Waals surface area contributed by atoms with Crippen LogP contribution in [0.3, 0.4) is 0 Å². The van der Waals surface area contributed by atoms with Gasteiger partial charge in [0, 0.05) is 11.6 Å². The van der Waals surface area contributed by atoms with Crippen molar-refractivity contribution < 1.29 is 0 Å². The molecule has 0 saturated carbocycles. The van der Waals surface area contributed by atoms with Gasteiger partial charge in [-0.05, 0) is 30.2 Å². The number of benzene rings is 1. The van der Waals surface area contributed by atoms with E-state index in [9.17, 15) is 0 Å². The van der Waals surface area contributed by atoms with Gasteiger partial charge in [-0.2, -0.15) is 5.26 Å². The van der Waals surface area contributed by atoms with Crippen LogP contribution >= 0.6 is 11.6 Å². The average molecular weight is 181 g/mol. The molecule has 0 atom stereocenters. The number of rotatable bonds is 1. The van der Waals surface area contributed by atoms with Crippen molar-refractivity contribution in [1.82, 2.24) is 0 Å². The third kappa shape index (κ3) is 1.58. The van der Waals surface area contributed by atoms with Crippen LogP contribution < -0.4 is 5.73 Å². The maximum atomic E-state index is 8.77. The Kier molecular flexibility index (Phi) is 2.69. The van der Waals surface area contributed by atoms with Gasteiger partial charge < -0.3 is 5.73 Å². The van der Waals surface area contributed by atoms with Crippen molar-refractivity contribution in [2.75, 3.05) is 0 Å². The predicted molar refractivity (Wildman–Crippen MR) is 48.8 cm³/mol. The number of halogens is 1. The van der Waals surface area contributed by atoms with Crippen LogP contribution in [0.15, 0.2) is 12.1 Å². The van der Waals surface area contributed by atoms with Crippen molar-refractivity contribution in [2.24, 2.45) is 5.73 Å². The van der Waals surface area contributed by atoms with Gasteiger partial charge in [0.1, 0.15) is 0 Å². The lowest BCUT2D eigenvalue weighted by molar-refractivity contribution is 1.06. The highest BCUT2D eigenvalue weighted by Gasteiger charge is 2.04. The van der Waals surface area contributed by atoms with Crippen LogP contribution in [-0.2, 0) is 6.54 Å². The smallest absolute Gasteiger partial charge is 0.0997 e. The Hall–Kier alpha value is -1.04. The highest BCUT2D eigenvalue weighted by Crippen LogP contribution is 2.19. The zero-order valence-electron chi connectivity index (χ0n) is 6.76. The Morgan fingerprint density at radius 1 is 1.58 bits per heavy atom. The van der Waals surface area contributed by atoms with E-state index in [-0.39, 0.29) is 0 Å². The van der Waals surface area contributed by atoms with Crippen LogP contribution in [0.2, 0.25) is 5.02 Å². The van der Waals surface area contributed by atoms with Crippen LogP contribution in [0, 0.1) is 18.3 Å². The molecule has 62 valence electrons. The van der Waals surface area contributed by atoms with E-state index in [1.54, 1.807) is 12.1 Å². The van der Waals surface area contributed by atoms with Gasteiger partial charge in [-0.1, -0.05) is 11.6 Å². The van der Waals surface area contributed by atoms with E-state index in [0.29, 0.717) is 17.1 Å². The molecule has 2 N–H and O–H groups in total. The molecule has 0 aromatic heterocycles. The van der Waals surface area contributed by atoms with Gasteiger partial charge in [0.15, 0.2) is 0 Å². The molecule has 0 saturated heterocycles. The third-order valence-electron chi connectivity index (χ3n) is 1.71. The highest BCUT2D eigenvalue weighted by atomic mass is 35.5. The Balaban J connectivity index is 3.36. The summed E-state index contributed by atoms with van der Waals surface area (Å²) in [6.45, 7) is 2.20. The van der Waals surface area contributed by atoms with Crippen molar-refractivity contribution in [3.8, 4) is 6.07 Å². The van der Waals surface area contributed by atoms with E-state index in [1.807, 2.05) is 6.92 Å². The normalized spacial score (nSPS) is 9.50. The molecular formula is C9H9ClN2. The minimum Gasteiger partial charge on any atom is -0.326 e. The fourth-order valence-electron chi connectivity index (χ4n) is 1.13. The second-order valence-corrected chi connectivity index (χ2v) is 3.01. The Morgan fingerprint density at radius 2 is 2.25 bits per heavy atom. The van der Waals surface area contributed by atoms with Crippen molar-refractivity contribution in [2.45, 2.75) is 13.5 Å². The topological polar surface area (TPSA) is 49.8 Å². The maximum Gasteiger partial charge on any atom is 0.0997 e. The van der Waals surface area contributed by atoms with E-state index in [1.165, 1.54) is 0 Å². The molecule has 1 aromatic carbocycles. The summed E-state index contributed by atoms with van der Waals surface area (Å²) < 4.78 is 0. The first-order valence-electron chi connectivity index (χ1n) is 3.58. The number of aryl methyl sites for hydroxylation is 1. The third-order valence-corrected chi connectivity index (χ3v) is 1.93. The number of hydrogen-bond acceptors (Lipinski definition) is 2. The molecule has 1 aromatic rings. The van der Waals surface area contributed by atoms with Gasteiger partial charge in [0.05, 0.1) is 11.6 Å². The Bertz CT molecular complexity index is 339. The van der Waals surface area contributed by atoms with Crippen LogP contribution in [-0.4, -0.2) is 0 Å². The molecule has 0 aliphatic carbocycles. The number of hydrogen-bond donors (Lipinski definition) is 1. The summed E-state index contributed by atoms with van der Waals surface area (Å²) in [5, 5.41) is 9.40. The summed E-state index contributed by atoms with van der Waals surface area (Å²) in [5.74, 6) is 0. The standard InChI is InChI=1S/C9H9ClN2/c1-6-2-8(10)3-7(4-11)9(6)5-12/h2-3H,4,11H2,1H3. The molecule has 0 fully saturated rings. The quantitative estimate of drug-likeness (QED) is 0.719. The van der Waals surface area contributed by atoms with Gasteiger partial charge in [-0.15, -0.1) is 0 Å². The minimum absolute atomic E-state index is 0.351. The molecule has 0 heterocycles. The van der Waals surface area contributed by atoms with Crippen LogP contribution in [0.1, 0.15) is 16.7 Å². The fraction of sp³-hybridized carbons (Fsp3) is 0.222. The molecule has 2 nitrogen and oxygen atoms in total. The molecule has 0 radical (unpaired) electrons. The van der Waals surface area contributed by atoms with Gasteiger partial charge in [-0.3, -0.25) is 0 Å². The number of nitrogens with zero attached hydrogens (tertiary/aromatic N) is 1. The van der Waals surface area contributed by atoms with Gasteiger partial charge in [0.2, 0.25) is 0 Å². The van der Waals surface area contributed by atoms with Gasteiger partial charge in [0.25, 0.3) is 0 Å². The second kappa shape index (κ2) is 3.57. The van der Waals surface area contributed by atoms with Gasteiger partial charge in [-0.25, -0.2) is 0 Å². The van der Waals surface area contributed by atoms with Crippen molar-refractivity contribution in [1.29, 1.82) is 5.26 Å². The molecule has 0 spiro atoms. The van der Waals surface area contributed by atoms with Crippen molar-refractivity contribution in [3.63, 3.8) is 0 Å². The minimum atomic E-state index is 0.351. The van der Waals surface area contributed by atoms with E-state index in [2.05, 4.69) is 6.07 Å². The first kappa shape index (κ1) is 9.05. The lowest BCUT2D eigenvalue weighted by Crippen LogP contribution is -2.01. The molecule has 12 heavy (non-hydrogen) atoms. The predicted octanol–water partition coefficient (Wildman–Crippen LogP) is 1.98. The summed E-state index contributed by atoms with van der Waals surface area (Å²) in [6.07, 6.45) is 0. The number of nitriles is 1. The maximum absolute atomic E-state index is 8.77. The highest BCUT2D eigenvalue weighted by molar-refractivity contribution is 6.30. The second-order valence-electron chi connectivity index (χ2n) is 2.57. The summed E-state index contributed by atoms with van der Waals surface area (Å²) in [6, 6.07) is 5.60. The lowest BCUT2D eigenvalue weighted by atomic mass is 10.0. The van der Waals surface area contributed by atoms with E-state index >= 15 is 0 Å². The van der Waals surface area contributed by atoms with E-state index < -0.39 is 0 Å². The molecule has 0 unspecified atom stereocenters.